The zero-order valence-electron chi connectivity index (χ0n) is 11.2. The zero-order valence-corrected chi connectivity index (χ0v) is 11.2. The minimum absolute atomic E-state index is 0.204. The fourth-order valence-electron chi connectivity index (χ4n) is 2.38. The van der Waals surface area contributed by atoms with Gasteiger partial charge in [-0.1, -0.05) is 6.92 Å². The molecule has 0 atom stereocenters. The van der Waals surface area contributed by atoms with Crippen molar-refractivity contribution in [1.29, 1.82) is 0 Å². The highest BCUT2D eigenvalue weighted by molar-refractivity contribution is 5.96. The van der Waals surface area contributed by atoms with Crippen LogP contribution in [0.5, 0.6) is 0 Å². The third kappa shape index (κ3) is 1.96. The summed E-state index contributed by atoms with van der Waals surface area (Å²) >= 11 is 0. The van der Waals surface area contributed by atoms with Gasteiger partial charge in [0.1, 0.15) is 0 Å². The molecule has 0 aromatic carbocycles. The van der Waals surface area contributed by atoms with E-state index in [4.69, 9.17) is 11.5 Å². The topological polar surface area (TPSA) is 90.2 Å². The van der Waals surface area contributed by atoms with Crippen LogP contribution in [-0.2, 0) is 6.42 Å². The number of hydrogen-bond acceptors (Lipinski definition) is 4. The summed E-state index contributed by atoms with van der Waals surface area (Å²) in [6.45, 7) is 8.24. The van der Waals surface area contributed by atoms with Crippen molar-refractivity contribution in [2.45, 2.75) is 39.3 Å². The van der Waals surface area contributed by atoms with Crippen LogP contribution in [0.15, 0.2) is 0 Å². The molecule has 1 fully saturated rings. The van der Waals surface area contributed by atoms with Crippen molar-refractivity contribution in [2.24, 2.45) is 5.73 Å². The smallest absolute Gasteiger partial charge is 0.271 e. The van der Waals surface area contributed by atoms with Crippen molar-refractivity contribution in [3.05, 3.63) is 11.4 Å². The van der Waals surface area contributed by atoms with Gasteiger partial charge in [-0.2, -0.15) is 5.10 Å². The number of carbonyl (C=O) groups is 1. The molecule has 6 heteroatoms. The quantitative estimate of drug-likeness (QED) is 0.810. The summed E-state index contributed by atoms with van der Waals surface area (Å²) in [5, 5.41) is 4.29. The second kappa shape index (κ2) is 4.61. The predicted octanol–water partition coefficient (Wildman–Crippen LogP) is 0.392. The average Bonchev–Trinajstić information content (AvgIpc) is 2.53. The van der Waals surface area contributed by atoms with Crippen LogP contribution >= 0.6 is 0 Å². The molecule has 0 saturated carbocycles. The molecular weight excluding hydrogens is 230 g/mol. The van der Waals surface area contributed by atoms with E-state index in [0.29, 0.717) is 17.8 Å². The number of nitrogens with zero attached hydrogens (tertiary/aromatic N) is 3. The first-order valence-electron chi connectivity index (χ1n) is 6.36. The molecule has 6 nitrogen and oxygen atoms in total. The second-order valence-electron chi connectivity index (χ2n) is 5.07. The van der Waals surface area contributed by atoms with Crippen molar-refractivity contribution in [3.8, 4) is 0 Å². The summed E-state index contributed by atoms with van der Waals surface area (Å²) < 4.78 is 1.88. The van der Waals surface area contributed by atoms with Crippen LogP contribution in [0, 0.1) is 0 Å². The van der Waals surface area contributed by atoms with Crippen molar-refractivity contribution in [2.75, 3.05) is 18.8 Å². The van der Waals surface area contributed by atoms with E-state index < -0.39 is 5.91 Å². The number of aromatic nitrogens is 2. The van der Waals surface area contributed by atoms with Crippen molar-refractivity contribution in [1.82, 2.24) is 14.7 Å². The lowest BCUT2D eigenvalue weighted by Gasteiger charge is -2.42. The van der Waals surface area contributed by atoms with Gasteiger partial charge in [0.2, 0.25) is 0 Å². The molecule has 1 saturated heterocycles. The number of amides is 1. The highest BCUT2D eigenvalue weighted by atomic mass is 16.1. The Hall–Kier alpha value is -1.56. The Bertz CT molecular complexity index is 459. The lowest BCUT2D eigenvalue weighted by molar-refractivity contribution is 0.0655. The minimum Gasteiger partial charge on any atom is -0.395 e. The Kier molecular flexibility index (Phi) is 3.30. The number of anilines is 1. The van der Waals surface area contributed by atoms with Gasteiger partial charge in [0, 0.05) is 19.1 Å². The highest BCUT2D eigenvalue weighted by Gasteiger charge is 2.33. The molecule has 1 aliphatic heterocycles. The van der Waals surface area contributed by atoms with Crippen molar-refractivity contribution in [3.63, 3.8) is 0 Å². The van der Waals surface area contributed by atoms with E-state index in [0.717, 1.165) is 25.2 Å². The molecule has 2 heterocycles. The number of likely N-dealkylation sites (tertiary alicyclic amines) is 1. The molecule has 0 spiro atoms. The summed E-state index contributed by atoms with van der Waals surface area (Å²) in [6.07, 6.45) is 0.754. The van der Waals surface area contributed by atoms with Gasteiger partial charge < -0.3 is 11.5 Å². The zero-order chi connectivity index (χ0) is 13.4. The minimum atomic E-state index is -0.555. The summed E-state index contributed by atoms with van der Waals surface area (Å²) in [5.74, 6) is -0.555. The van der Waals surface area contributed by atoms with Crippen molar-refractivity contribution < 1.29 is 4.79 Å². The number of carbonyl (C=O) groups excluding carboxylic acids is 1. The highest BCUT2D eigenvalue weighted by Crippen LogP contribution is 2.28. The van der Waals surface area contributed by atoms with Crippen LogP contribution in [-0.4, -0.2) is 39.7 Å². The SMILES string of the molecule is CCc1c(N)c(C(N)=O)nn1C1CN(C(C)C)C1. The maximum atomic E-state index is 11.3. The van der Waals surface area contributed by atoms with Gasteiger partial charge in [-0.05, 0) is 20.3 Å². The maximum absolute atomic E-state index is 11.3. The summed E-state index contributed by atoms with van der Waals surface area (Å²) in [7, 11) is 0. The van der Waals surface area contributed by atoms with Gasteiger partial charge in [0.15, 0.2) is 5.69 Å². The Morgan fingerprint density at radius 2 is 2.11 bits per heavy atom. The van der Waals surface area contributed by atoms with E-state index in [1.54, 1.807) is 0 Å². The Morgan fingerprint density at radius 1 is 1.50 bits per heavy atom. The molecule has 0 radical (unpaired) electrons. The van der Waals surface area contributed by atoms with Gasteiger partial charge in [-0.15, -0.1) is 0 Å². The molecule has 18 heavy (non-hydrogen) atoms. The Balaban J connectivity index is 2.24. The third-order valence-electron chi connectivity index (χ3n) is 3.59. The average molecular weight is 251 g/mol. The van der Waals surface area contributed by atoms with Gasteiger partial charge in [0.25, 0.3) is 5.91 Å². The molecule has 1 amide bonds. The van der Waals surface area contributed by atoms with Gasteiger partial charge in [-0.3, -0.25) is 14.4 Å². The number of hydrogen-bond donors (Lipinski definition) is 2. The second-order valence-corrected chi connectivity index (χ2v) is 5.07. The summed E-state index contributed by atoms with van der Waals surface area (Å²) in [5.41, 5.74) is 12.8. The van der Waals surface area contributed by atoms with E-state index in [2.05, 4.69) is 23.8 Å². The van der Waals surface area contributed by atoms with E-state index in [1.165, 1.54) is 0 Å². The number of nitrogen functional groups attached to an aromatic ring is 1. The molecule has 2 rings (SSSR count). The molecular formula is C12H21N5O. The summed E-state index contributed by atoms with van der Waals surface area (Å²) in [6, 6.07) is 0.840. The predicted molar refractivity (Wildman–Crippen MR) is 70.3 cm³/mol. The van der Waals surface area contributed by atoms with E-state index in [-0.39, 0.29) is 5.69 Å². The van der Waals surface area contributed by atoms with Crippen LogP contribution < -0.4 is 11.5 Å². The number of nitrogens with two attached hydrogens (primary N) is 2. The normalized spacial score (nSPS) is 17.1. The molecule has 0 unspecified atom stereocenters. The Morgan fingerprint density at radius 3 is 2.56 bits per heavy atom. The van der Waals surface area contributed by atoms with Crippen molar-refractivity contribution >= 4 is 11.6 Å². The van der Waals surface area contributed by atoms with Gasteiger partial charge in [-0.25, -0.2) is 0 Å². The van der Waals surface area contributed by atoms with Crippen LogP contribution in [0.2, 0.25) is 0 Å². The number of rotatable bonds is 4. The van der Waals surface area contributed by atoms with Gasteiger partial charge >= 0.3 is 0 Å². The molecule has 100 valence electrons. The van der Waals surface area contributed by atoms with Crippen LogP contribution in [0.1, 0.15) is 43.0 Å². The lowest BCUT2D eigenvalue weighted by Crippen LogP contribution is -2.51. The monoisotopic (exact) mass is 251 g/mol. The van der Waals surface area contributed by atoms with Crippen LogP contribution in [0.3, 0.4) is 0 Å². The van der Waals surface area contributed by atoms with Crippen LogP contribution in [0.25, 0.3) is 0 Å². The molecule has 4 N–H and O–H groups in total. The molecule has 1 aliphatic rings. The molecule has 0 aliphatic carbocycles. The van der Waals surface area contributed by atoms with Crippen LogP contribution in [0.4, 0.5) is 5.69 Å². The lowest BCUT2D eigenvalue weighted by atomic mass is 10.1. The fraction of sp³-hybridized carbons (Fsp3) is 0.667. The standard InChI is InChI=1S/C12H21N5O/c1-4-9-10(13)11(12(14)18)15-17(9)8-5-16(6-8)7(2)3/h7-8H,4-6,13H2,1-3H3,(H2,14,18). The van der Waals surface area contributed by atoms with Gasteiger partial charge in [0.05, 0.1) is 17.4 Å². The molecule has 1 aromatic rings. The number of primary amides is 1. The first-order valence-corrected chi connectivity index (χ1v) is 6.36. The maximum Gasteiger partial charge on any atom is 0.271 e. The van der Waals surface area contributed by atoms with E-state index in [1.807, 2.05) is 11.6 Å². The summed E-state index contributed by atoms with van der Waals surface area (Å²) in [4.78, 5) is 13.6. The van der Waals surface area contributed by atoms with E-state index in [9.17, 15) is 4.79 Å². The molecule has 0 bridgehead atoms. The van der Waals surface area contributed by atoms with E-state index >= 15 is 0 Å². The fourth-order valence-corrected chi connectivity index (χ4v) is 2.38. The first-order chi connectivity index (χ1) is 8.45. The third-order valence-corrected chi connectivity index (χ3v) is 3.59. The Labute approximate surface area is 107 Å². The first kappa shape index (κ1) is 12.9. The largest absolute Gasteiger partial charge is 0.395 e. The molecule has 1 aromatic heterocycles.